The van der Waals surface area contributed by atoms with Crippen LogP contribution < -0.4 is 0 Å². The van der Waals surface area contributed by atoms with Crippen molar-refractivity contribution in [3.63, 3.8) is 0 Å². The average Bonchev–Trinajstić information content (AvgIpc) is 2.47. The van der Waals surface area contributed by atoms with E-state index in [9.17, 15) is 14.3 Å². The maximum Gasteiger partial charge on any atom is 0.339 e. The van der Waals surface area contributed by atoms with Crippen LogP contribution in [0.2, 0.25) is 0 Å². The van der Waals surface area contributed by atoms with Gasteiger partial charge in [0.25, 0.3) is 0 Å². The van der Waals surface area contributed by atoms with Gasteiger partial charge in [-0.15, -0.1) is 5.11 Å². The van der Waals surface area contributed by atoms with Crippen molar-refractivity contribution in [1.29, 1.82) is 0 Å². The molecule has 2 rings (SSSR count). The van der Waals surface area contributed by atoms with Gasteiger partial charge < -0.3 is 10.2 Å². The molecule has 0 fully saturated rings. The summed E-state index contributed by atoms with van der Waals surface area (Å²) in [5.41, 5.74) is 1.83. The quantitative estimate of drug-likeness (QED) is 0.772. The molecule has 5 nitrogen and oxygen atoms in total. The molecule has 23 heavy (non-hydrogen) atoms. The Morgan fingerprint density at radius 3 is 2.48 bits per heavy atom. The topological polar surface area (TPSA) is 82.2 Å². The number of carbonyl (C=O) groups is 1. The van der Waals surface area contributed by atoms with Gasteiger partial charge in [0.2, 0.25) is 0 Å². The zero-order chi connectivity index (χ0) is 17.1. The first kappa shape index (κ1) is 16.6. The molecule has 0 aliphatic carbocycles. The Kier molecular flexibility index (Phi) is 4.74. The van der Waals surface area contributed by atoms with Crippen molar-refractivity contribution in [1.82, 2.24) is 0 Å². The van der Waals surface area contributed by atoms with E-state index in [0.29, 0.717) is 0 Å². The molecule has 0 atom stereocenters. The van der Waals surface area contributed by atoms with E-state index in [4.69, 9.17) is 5.11 Å². The Morgan fingerprint density at radius 1 is 1.17 bits per heavy atom. The monoisotopic (exact) mass is 316 g/mol. The van der Waals surface area contributed by atoms with E-state index in [2.05, 4.69) is 10.2 Å². The predicted molar refractivity (Wildman–Crippen MR) is 84.5 cm³/mol. The first-order valence-corrected chi connectivity index (χ1v) is 7.07. The highest BCUT2D eigenvalue weighted by atomic mass is 19.1. The summed E-state index contributed by atoms with van der Waals surface area (Å²) in [6, 6.07) is 6.83. The van der Waals surface area contributed by atoms with Gasteiger partial charge in [-0.3, -0.25) is 0 Å². The van der Waals surface area contributed by atoms with Crippen LogP contribution in [0, 0.1) is 12.7 Å². The summed E-state index contributed by atoms with van der Waals surface area (Å²) in [6.45, 7) is 5.83. The maximum absolute atomic E-state index is 14.0. The van der Waals surface area contributed by atoms with Gasteiger partial charge in [-0.05, 0) is 54.3 Å². The van der Waals surface area contributed by atoms with Crippen LogP contribution in [0.5, 0.6) is 5.75 Å². The van der Waals surface area contributed by atoms with E-state index in [1.165, 1.54) is 24.3 Å². The molecule has 0 unspecified atom stereocenters. The maximum atomic E-state index is 14.0. The van der Waals surface area contributed by atoms with Crippen molar-refractivity contribution in [2.45, 2.75) is 26.7 Å². The van der Waals surface area contributed by atoms with Crippen LogP contribution in [0.15, 0.2) is 40.6 Å². The van der Waals surface area contributed by atoms with Gasteiger partial charge >= 0.3 is 5.97 Å². The fraction of sp³-hybridized carbons (Fsp3) is 0.235. The molecule has 0 aliphatic rings. The van der Waals surface area contributed by atoms with E-state index < -0.39 is 11.8 Å². The van der Waals surface area contributed by atoms with Gasteiger partial charge in [0, 0.05) is 0 Å². The third kappa shape index (κ3) is 3.71. The normalized spacial score (nSPS) is 11.3. The van der Waals surface area contributed by atoms with Crippen LogP contribution in [-0.2, 0) is 0 Å². The largest absolute Gasteiger partial charge is 0.507 e. The highest BCUT2D eigenvalue weighted by Gasteiger charge is 2.11. The SMILES string of the molecule is Cc1cc(F)c(N=Nc2ccc(O)c(C(=O)O)c2)cc1C(C)C. The number of nitrogens with zero attached hydrogens (tertiary/aromatic N) is 2. The molecule has 0 saturated heterocycles. The number of carboxylic acids is 1. The zero-order valence-corrected chi connectivity index (χ0v) is 13.0. The molecule has 0 radical (unpaired) electrons. The second-order valence-electron chi connectivity index (χ2n) is 5.52. The summed E-state index contributed by atoms with van der Waals surface area (Å²) in [4.78, 5) is 11.0. The smallest absolute Gasteiger partial charge is 0.339 e. The van der Waals surface area contributed by atoms with Crippen molar-refractivity contribution in [3.05, 3.63) is 52.8 Å². The van der Waals surface area contributed by atoms with E-state index in [1.54, 1.807) is 6.07 Å². The standard InChI is InChI=1S/C17H17FN2O3/c1-9(2)12-8-15(14(18)6-10(12)3)20-19-11-4-5-16(21)13(7-11)17(22)23/h4-9,21H,1-3H3,(H,22,23). The van der Waals surface area contributed by atoms with E-state index in [0.717, 1.165) is 11.1 Å². The fourth-order valence-corrected chi connectivity index (χ4v) is 2.25. The van der Waals surface area contributed by atoms with E-state index in [-0.39, 0.29) is 28.6 Å². The van der Waals surface area contributed by atoms with Gasteiger partial charge in [-0.1, -0.05) is 13.8 Å². The van der Waals surface area contributed by atoms with E-state index in [1.807, 2.05) is 20.8 Å². The van der Waals surface area contributed by atoms with Gasteiger partial charge in [0.1, 0.15) is 17.0 Å². The van der Waals surface area contributed by atoms with Crippen molar-refractivity contribution in [2.24, 2.45) is 10.2 Å². The number of rotatable bonds is 4. The molecular formula is C17H17FN2O3. The van der Waals surface area contributed by atoms with Crippen LogP contribution in [0.1, 0.15) is 41.3 Å². The number of aromatic hydroxyl groups is 1. The highest BCUT2D eigenvalue weighted by Crippen LogP contribution is 2.30. The predicted octanol–water partition coefficient (Wildman–Crippen LogP) is 5.08. The van der Waals surface area contributed by atoms with Crippen LogP contribution in [0.3, 0.4) is 0 Å². The van der Waals surface area contributed by atoms with E-state index >= 15 is 0 Å². The van der Waals surface area contributed by atoms with Crippen molar-refractivity contribution in [2.75, 3.05) is 0 Å². The summed E-state index contributed by atoms with van der Waals surface area (Å²) in [6.07, 6.45) is 0. The van der Waals surface area contributed by atoms with Crippen LogP contribution >= 0.6 is 0 Å². The van der Waals surface area contributed by atoms with Crippen LogP contribution in [0.4, 0.5) is 15.8 Å². The molecule has 0 aliphatic heterocycles. The first-order valence-electron chi connectivity index (χ1n) is 7.07. The van der Waals surface area contributed by atoms with Gasteiger partial charge in [0.15, 0.2) is 5.82 Å². The molecule has 0 heterocycles. The molecule has 120 valence electrons. The molecule has 6 heteroatoms. The minimum Gasteiger partial charge on any atom is -0.507 e. The molecule has 0 saturated carbocycles. The number of phenols is 1. The lowest BCUT2D eigenvalue weighted by atomic mass is 9.97. The van der Waals surface area contributed by atoms with Crippen LogP contribution in [0.25, 0.3) is 0 Å². The van der Waals surface area contributed by atoms with Gasteiger partial charge in [-0.2, -0.15) is 5.11 Å². The van der Waals surface area contributed by atoms with Gasteiger partial charge in [-0.25, -0.2) is 9.18 Å². The lowest BCUT2D eigenvalue weighted by Crippen LogP contribution is -1.95. The molecule has 2 aromatic carbocycles. The number of aromatic carboxylic acids is 1. The number of hydrogen-bond donors (Lipinski definition) is 2. The van der Waals surface area contributed by atoms with Crippen molar-refractivity contribution >= 4 is 17.3 Å². The molecule has 0 amide bonds. The molecule has 2 aromatic rings. The lowest BCUT2D eigenvalue weighted by molar-refractivity contribution is 0.0694. The van der Waals surface area contributed by atoms with Crippen LogP contribution in [-0.4, -0.2) is 16.2 Å². The Hall–Kier alpha value is -2.76. The van der Waals surface area contributed by atoms with Gasteiger partial charge in [0.05, 0.1) is 5.69 Å². The first-order chi connectivity index (χ1) is 10.8. The number of halogens is 1. The number of aryl methyl sites for hydroxylation is 1. The summed E-state index contributed by atoms with van der Waals surface area (Å²) < 4.78 is 14.0. The van der Waals surface area contributed by atoms with Crippen molar-refractivity contribution in [3.8, 4) is 5.75 Å². The highest BCUT2D eigenvalue weighted by molar-refractivity contribution is 5.91. The third-order valence-electron chi connectivity index (χ3n) is 3.44. The second-order valence-corrected chi connectivity index (χ2v) is 5.52. The molecule has 0 spiro atoms. The van der Waals surface area contributed by atoms with Crippen molar-refractivity contribution < 1.29 is 19.4 Å². The lowest BCUT2D eigenvalue weighted by Gasteiger charge is -2.10. The number of hydrogen-bond acceptors (Lipinski definition) is 4. The zero-order valence-electron chi connectivity index (χ0n) is 13.0. The minimum absolute atomic E-state index is 0.0873. The second kappa shape index (κ2) is 6.56. The Bertz CT molecular complexity index is 786. The average molecular weight is 316 g/mol. The fourth-order valence-electron chi connectivity index (χ4n) is 2.25. The number of carboxylic acid groups (broad SMARTS) is 1. The molecule has 2 N–H and O–H groups in total. The molecular weight excluding hydrogens is 299 g/mol. The Balaban J connectivity index is 2.39. The number of benzene rings is 2. The molecule has 0 bridgehead atoms. The third-order valence-corrected chi connectivity index (χ3v) is 3.44. The minimum atomic E-state index is -1.27. The summed E-state index contributed by atoms with van der Waals surface area (Å²) in [5.74, 6) is -1.91. The Labute approximate surface area is 133 Å². The molecule has 0 aromatic heterocycles. The summed E-state index contributed by atoms with van der Waals surface area (Å²) in [7, 11) is 0. The number of azo groups is 1. The summed E-state index contributed by atoms with van der Waals surface area (Å²) >= 11 is 0. The summed E-state index contributed by atoms with van der Waals surface area (Å²) in [5, 5.41) is 26.1. The Morgan fingerprint density at radius 2 is 1.87 bits per heavy atom.